The number of nitrogens with one attached hydrogen (secondary N) is 1. The number of carbonyl (C=O) groups is 1. The fourth-order valence-electron chi connectivity index (χ4n) is 1.87. The Hall–Kier alpha value is -2.44. The van der Waals surface area contributed by atoms with Crippen LogP contribution in [-0.2, 0) is 9.63 Å². The highest BCUT2D eigenvalue weighted by Gasteiger charge is 2.15. The maximum absolute atomic E-state index is 12.1. The number of nitrogens with zero attached hydrogens (tertiary/aromatic N) is 1. The third-order valence-electron chi connectivity index (χ3n) is 3.22. The van der Waals surface area contributed by atoms with E-state index in [2.05, 4.69) is 10.5 Å². The molecule has 6 nitrogen and oxygen atoms in total. The molecule has 0 fully saturated rings. The Labute approximate surface area is 155 Å². The van der Waals surface area contributed by atoms with Crippen LogP contribution in [0.15, 0.2) is 47.6 Å². The van der Waals surface area contributed by atoms with Gasteiger partial charge in [-0.1, -0.05) is 40.5 Å². The lowest BCUT2D eigenvalue weighted by molar-refractivity contribution is -0.126. The van der Waals surface area contributed by atoms with Gasteiger partial charge in [0, 0.05) is 16.3 Å². The molecule has 0 heterocycles. The number of benzene rings is 2. The van der Waals surface area contributed by atoms with Crippen LogP contribution >= 0.6 is 23.2 Å². The zero-order chi connectivity index (χ0) is 18.4. The molecule has 0 spiro atoms. The Kier molecular flexibility index (Phi) is 6.50. The molecule has 8 heteroatoms. The quantitative estimate of drug-likeness (QED) is 0.454. The molecule has 1 unspecified atom stereocenters. The first kappa shape index (κ1) is 18.9. The summed E-state index contributed by atoms with van der Waals surface area (Å²) >= 11 is 11.9. The predicted octanol–water partition coefficient (Wildman–Crippen LogP) is 3.67. The van der Waals surface area contributed by atoms with Crippen molar-refractivity contribution in [3.8, 4) is 5.75 Å². The molecule has 0 bridgehead atoms. The van der Waals surface area contributed by atoms with Gasteiger partial charge < -0.3 is 20.6 Å². The van der Waals surface area contributed by atoms with E-state index in [4.69, 9.17) is 38.5 Å². The number of oxime groups is 1. The van der Waals surface area contributed by atoms with Crippen molar-refractivity contribution >= 4 is 40.6 Å². The average Bonchev–Trinajstić information content (AvgIpc) is 2.59. The molecule has 1 amide bonds. The fourth-order valence-corrected chi connectivity index (χ4v) is 2.32. The van der Waals surface area contributed by atoms with Gasteiger partial charge in [-0.05, 0) is 37.3 Å². The van der Waals surface area contributed by atoms with Crippen molar-refractivity contribution in [1.82, 2.24) is 0 Å². The summed E-state index contributed by atoms with van der Waals surface area (Å²) in [5, 5.41) is 7.36. The lowest BCUT2D eigenvalue weighted by atomic mass is 10.2. The van der Waals surface area contributed by atoms with Gasteiger partial charge in [0.05, 0.1) is 12.1 Å². The number of methoxy groups -OCH3 is 1. The molecule has 0 aliphatic carbocycles. The molecule has 2 aromatic rings. The number of rotatable bonds is 6. The molecule has 2 rings (SSSR count). The van der Waals surface area contributed by atoms with Crippen molar-refractivity contribution in [1.29, 1.82) is 0 Å². The monoisotopic (exact) mass is 381 g/mol. The van der Waals surface area contributed by atoms with Crippen molar-refractivity contribution in [3.05, 3.63) is 58.1 Å². The van der Waals surface area contributed by atoms with E-state index < -0.39 is 12.0 Å². The van der Waals surface area contributed by atoms with Gasteiger partial charge in [-0.15, -0.1) is 0 Å². The normalized spacial score (nSPS) is 12.4. The highest BCUT2D eigenvalue weighted by molar-refractivity contribution is 6.32. The summed E-state index contributed by atoms with van der Waals surface area (Å²) in [6.45, 7) is 1.55. The second kappa shape index (κ2) is 8.60. The van der Waals surface area contributed by atoms with Gasteiger partial charge in [-0.25, -0.2) is 0 Å². The molecule has 132 valence electrons. The molecule has 1 atom stereocenters. The molecule has 0 radical (unpaired) electrons. The van der Waals surface area contributed by atoms with Crippen molar-refractivity contribution in [2.75, 3.05) is 12.4 Å². The van der Waals surface area contributed by atoms with Gasteiger partial charge in [0.2, 0.25) is 6.10 Å². The molecule has 0 aliphatic rings. The van der Waals surface area contributed by atoms with Crippen molar-refractivity contribution in [3.63, 3.8) is 0 Å². The van der Waals surface area contributed by atoms with Crippen molar-refractivity contribution in [2.45, 2.75) is 13.0 Å². The Bertz CT molecular complexity index is 796. The number of hydrogen-bond acceptors (Lipinski definition) is 4. The molecular formula is C17H17Cl2N3O3. The minimum Gasteiger partial charge on any atom is -0.495 e. The molecule has 2 aromatic carbocycles. The van der Waals surface area contributed by atoms with E-state index in [9.17, 15) is 4.79 Å². The zero-order valence-corrected chi connectivity index (χ0v) is 15.1. The topological polar surface area (TPSA) is 85.9 Å². The average molecular weight is 382 g/mol. The minimum absolute atomic E-state index is 0.120. The minimum atomic E-state index is -0.862. The first-order valence-corrected chi connectivity index (χ1v) is 8.06. The van der Waals surface area contributed by atoms with Crippen LogP contribution in [0.1, 0.15) is 12.5 Å². The lowest BCUT2D eigenvalue weighted by Crippen LogP contribution is -2.27. The summed E-state index contributed by atoms with van der Waals surface area (Å²) < 4.78 is 5.06. The van der Waals surface area contributed by atoms with Gasteiger partial charge in [0.15, 0.2) is 5.84 Å². The molecule has 25 heavy (non-hydrogen) atoms. The third kappa shape index (κ3) is 5.27. The van der Waals surface area contributed by atoms with Crippen LogP contribution in [-0.4, -0.2) is 25.0 Å². The second-order valence-corrected chi connectivity index (χ2v) is 5.92. The maximum atomic E-state index is 12.1. The first-order valence-electron chi connectivity index (χ1n) is 7.30. The number of hydrogen-bond donors (Lipinski definition) is 2. The Morgan fingerprint density at radius 2 is 2.00 bits per heavy atom. The maximum Gasteiger partial charge on any atom is 0.267 e. The van der Waals surface area contributed by atoms with E-state index in [0.717, 1.165) is 0 Å². The summed E-state index contributed by atoms with van der Waals surface area (Å²) in [6.07, 6.45) is -0.862. The highest BCUT2D eigenvalue weighted by Crippen LogP contribution is 2.27. The van der Waals surface area contributed by atoms with E-state index >= 15 is 0 Å². The van der Waals surface area contributed by atoms with Crippen LogP contribution in [0, 0.1) is 0 Å². The summed E-state index contributed by atoms with van der Waals surface area (Å²) in [7, 11) is 1.51. The lowest BCUT2D eigenvalue weighted by Gasteiger charge is -2.12. The highest BCUT2D eigenvalue weighted by atomic mass is 35.5. The van der Waals surface area contributed by atoms with Crippen LogP contribution in [0.2, 0.25) is 10.0 Å². The summed E-state index contributed by atoms with van der Waals surface area (Å²) in [4.78, 5) is 17.3. The molecule has 0 aromatic heterocycles. The summed E-state index contributed by atoms with van der Waals surface area (Å²) in [5.74, 6) is 0.237. The molecule has 0 aliphatic heterocycles. The van der Waals surface area contributed by atoms with Gasteiger partial charge in [0.25, 0.3) is 5.91 Å². The molecule has 0 saturated heterocycles. The van der Waals surface area contributed by atoms with Gasteiger partial charge in [0.1, 0.15) is 5.75 Å². The number of nitrogens with two attached hydrogens (primary N) is 1. The van der Waals surface area contributed by atoms with Gasteiger partial charge >= 0.3 is 0 Å². The number of halogens is 2. The Morgan fingerprint density at radius 3 is 2.64 bits per heavy atom. The third-order valence-corrected chi connectivity index (χ3v) is 3.75. The first-order chi connectivity index (χ1) is 11.9. The number of anilines is 1. The van der Waals surface area contributed by atoms with Gasteiger partial charge in [-0.3, -0.25) is 4.79 Å². The smallest absolute Gasteiger partial charge is 0.267 e. The van der Waals surface area contributed by atoms with E-state index in [1.165, 1.54) is 7.11 Å². The Balaban J connectivity index is 1.98. The number of carbonyl (C=O) groups excluding carboxylic acids is 1. The predicted molar refractivity (Wildman–Crippen MR) is 99.4 cm³/mol. The fraction of sp³-hybridized carbons (Fsp3) is 0.176. The van der Waals surface area contributed by atoms with Crippen LogP contribution in [0.5, 0.6) is 5.75 Å². The van der Waals surface area contributed by atoms with Crippen LogP contribution < -0.4 is 15.8 Å². The van der Waals surface area contributed by atoms with E-state index in [1.54, 1.807) is 49.4 Å². The van der Waals surface area contributed by atoms with Crippen LogP contribution in [0.4, 0.5) is 5.69 Å². The molecular weight excluding hydrogens is 365 g/mol. The number of ether oxygens (including phenoxy) is 1. The SMILES string of the molecule is COc1ccc(NC(=O)C(C)O/N=C(/N)c2cccc(Cl)c2)cc1Cl. The van der Waals surface area contributed by atoms with Crippen molar-refractivity contribution < 1.29 is 14.4 Å². The van der Waals surface area contributed by atoms with E-state index in [0.29, 0.717) is 27.0 Å². The van der Waals surface area contributed by atoms with Crippen molar-refractivity contribution in [2.24, 2.45) is 10.9 Å². The Morgan fingerprint density at radius 1 is 1.24 bits per heavy atom. The molecule has 3 N–H and O–H groups in total. The van der Waals surface area contributed by atoms with E-state index in [-0.39, 0.29) is 5.84 Å². The van der Waals surface area contributed by atoms with Crippen LogP contribution in [0.3, 0.4) is 0 Å². The second-order valence-electron chi connectivity index (χ2n) is 5.07. The number of amidine groups is 1. The van der Waals surface area contributed by atoms with Crippen LogP contribution in [0.25, 0.3) is 0 Å². The zero-order valence-electron chi connectivity index (χ0n) is 13.6. The summed E-state index contributed by atoms with van der Waals surface area (Å²) in [6, 6.07) is 11.7. The standard InChI is InChI=1S/C17H17Cl2N3O3/c1-10(25-22-16(20)11-4-3-5-12(18)8-11)17(23)21-13-6-7-15(24-2)14(19)9-13/h3-10H,1-2H3,(H2,20,22)(H,21,23). The van der Waals surface area contributed by atoms with Gasteiger partial charge in [-0.2, -0.15) is 0 Å². The molecule has 0 saturated carbocycles. The largest absolute Gasteiger partial charge is 0.495 e. The number of amides is 1. The summed E-state index contributed by atoms with van der Waals surface area (Å²) in [5.41, 5.74) is 6.93. The van der Waals surface area contributed by atoms with E-state index in [1.807, 2.05) is 0 Å².